The number of aryl methyl sites for hydroxylation is 2. The minimum absolute atomic E-state index is 0.166. The van der Waals surface area contributed by atoms with E-state index >= 15 is 0 Å². The zero-order chi connectivity index (χ0) is 13.9. The van der Waals surface area contributed by atoms with Crippen molar-refractivity contribution in [2.24, 2.45) is 0 Å². The van der Waals surface area contributed by atoms with E-state index in [1.54, 1.807) is 13.8 Å². The topological polar surface area (TPSA) is 46.2 Å². The third kappa shape index (κ3) is 3.99. The summed E-state index contributed by atoms with van der Waals surface area (Å²) >= 11 is 3.51. The van der Waals surface area contributed by atoms with E-state index in [4.69, 9.17) is 0 Å². The number of benzene rings is 1. The molecule has 0 saturated carbocycles. The van der Waals surface area contributed by atoms with Crippen LogP contribution in [0.4, 0.5) is 5.69 Å². The lowest BCUT2D eigenvalue weighted by Crippen LogP contribution is -2.22. The summed E-state index contributed by atoms with van der Waals surface area (Å²) < 4.78 is 24.4. The number of sulfone groups is 1. The number of anilines is 1. The van der Waals surface area contributed by atoms with Crippen LogP contribution in [0.1, 0.15) is 25.0 Å². The van der Waals surface area contributed by atoms with Crippen molar-refractivity contribution in [2.75, 3.05) is 17.6 Å². The van der Waals surface area contributed by atoms with Gasteiger partial charge in [0.05, 0.1) is 11.0 Å². The van der Waals surface area contributed by atoms with Gasteiger partial charge in [-0.05, 0) is 51.0 Å². The van der Waals surface area contributed by atoms with Crippen LogP contribution < -0.4 is 5.32 Å². The predicted molar refractivity (Wildman–Crippen MR) is 81.0 cm³/mol. The number of hydrogen-bond donors (Lipinski definition) is 1. The first-order chi connectivity index (χ1) is 8.24. The third-order valence-electron chi connectivity index (χ3n) is 2.87. The fourth-order valence-electron chi connectivity index (χ4n) is 1.62. The molecule has 1 aromatic carbocycles. The Morgan fingerprint density at radius 1 is 1.22 bits per heavy atom. The first-order valence-electron chi connectivity index (χ1n) is 5.96. The molecule has 1 rings (SSSR count). The zero-order valence-electron chi connectivity index (χ0n) is 11.2. The number of nitrogens with one attached hydrogen (secondary N) is 1. The lowest BCUT2D eigenvalue weighted by Gasteiger charge is -2.12. The monoisotopic (exact) mass is 333 g/mol. The average molecular weight is 334 g/mol. The molecule has 0 radical (unpaired) electrons. The molecule has 5 heteroatoms. The van der Waals surface area contributed by atoms with Crippen molar-refractivity contribution < 1.29 is 8.42 Å². The van der Waals surface area contributed by atoms with Gasteiger partial charge in [0.15, 0.2) is 9.84 Å². The molecule has 0 heterocycles. The second-order valence-corrected chi connectivity index (χ2v) is 8.24. The van der Waals surface area contributed by atoms with Crippen molar-refractivity contribution in [3.63, 3.8) is 0 Å². The molecule has 1 N–H and O–H groups in total. The van der Waals surface area contributed by atoms with Gasteiger partial charge in [-0.2, -0.15) is 0 Å². The molecule has 0 saturated heterocycles. The van der Waals surface area contributed by atoms with Crippen molar-refractivity contribution >= 4 is 31.5 Å². The largest absolute Gasteiger partial charge is 0.384 e. The summed E-state index contributed by atoms with van der Waals surface area (Å²) in [5.74, 6) is 0.166. The number of rotatable bonds is 5. The van der Waals surface area contributed by atoms with Crippen LogP contribution in [-0.4, -0.2) is 26.0 Å². The van der Waals surface area contributed by atoms with Gasteiger partial charge >= 0.3 is 0 Å². The first kappa shape index (κ1) is 15.5. The van der Waals surface area contributed by atoms with E-state index in [0.717, 1.165) is 21.3 Å². The van der Waals surface area contributed by atoms with E-state index in [1.165, 1.54) is 0 Å². The molecule has 0 fully saturated rings. The smallest absolute Gasteiger partial charge is 0.154 e. The summed E-state index contributed by atoms with van der Waals surface area (Å²) in [5, 5.41) is 2.85. The molecule has 0 aromatic heterocycles. The van der Waals surface area contributed by atoms with E-state index in [-0.39, 0.29) is 11.0 Å². The molecule has 102 valence electrons. The molecule has 0 unspecified atom stereocenters. The Labute approximate surface area is 118 Å². The highest BCUT2D eigenvalue weighted by Gasteiger charge is 2.15. The van der Waals surface area contributed by atoms with Gasteiger partial charge in [-0.25, -0.2) is 8.42 Å². The van der Waals surface area contributed by atoms with E-state index in [9.17, 15) is 8.42 Å². The molecule has 0 spiro atoms. The van der Waals surface area contributed by atoms with Crippen LogP contribution in [-0.2, 0) is 9.84 Å². The van der Waals surface area contributed by atoms with Crippen molar-refractivity contribution in [3.05, 3.63) is 27.7 Å². The average Bonchev–Trinajstić information content (AvgIpc) is 2.25. The van der Waals surface area contributed by atoms with Crippen molar-refractivity contribution in [1.82, 2.24) is 0 Å². The Hall–Kier alpha value is -0.550. The Morgan fingerprint density at radius 3 is 2.17 bits per heavy atom. The van der Waals surface area contributed by atoms with Gasteiger partial charge in [0, 0.05) is 16.7 Å². The SMILES string of the molecule is Cc1cc(NCCS(=O)(=O)C(C)C)cc(C)c1Br. The normalized spacial score (nSPS) is 11.9. The highest BCUT2D eigenvalue weighted by atomic mass is 79.9. The highest BCUT2D eigenvalue weighted by molar-refractivity contribution is 9.10. The van der Waals surface area contributed by atoms with Crippen LogP contribution in [0.2, 0.25) is 0 Å². The first-order valence-corrected chi connectivity index (χ1v) is 8.47. The maximum Gasteiger partial charge on any atom is 0.154 e. The Balaban J connectivity index is 2.66. The summed E-state index contributed by atoms with van der Waals surface area (Å²) in [6.45, 7) is 7.91. The van der Waals surface area contributed by atoms with Crippen molar-refractivity contribution in [1.29, 1.82) is 0 Å². The van der Waals surface area contributed by atoms with E-state index < -0.39 is 9.84 Å². The van der Waals surface area contributed by atoms with Crippen molar-refractivity contribution in [3.8, 4) is 0 Å². The van der Waals surface area contributed by atoms with Crippen LogP contribution in [0.15, 0.2) is 16.6 Å². The predicted octanol–water partition coefficient (Wildman–Crippen LogP) is 3.30. The van der Waals surface area contributed by atoms with Gasteiger partial charge in [0.2, 0.25) is 0 Å². The standard InChI is InChI=1S/C13H20BrNO2S/c1-9(2)18(16,17)6-5-15-12-7-10(3)13(14)11(4)8-12/h7-9,15H,5-6H2,1-4H3. The molecular formula is C13H20BrNO2S. The number of hydrogen-bond acceptors (Lipinski definition) is 3. The molecule has 1 aromatic rings. The zero-order valence-corrected chi connectivity index (χ0v) is 13.7. The lowest BCUT2D eigenvalue weighted by atomic mass is 10.1. The van der Waals surface area contributed by atoms with Gasteiger partial charge in [-0.15, -0.1) is 0 Å². The maximum atomic E-state index is 11.7. The molecular weight excluding hydrogens is 314 g/mol. The Bertz CT molecular complexity index is 501. The Morgan fingerprint density at radius 2 is 1.72 bits per heavy atom. The second-order valence-electron chi connectivity index (χ2n) is 4.77. The molecule has 0 bridgehead atoms. The quantitative estimate of drug-likeness (QED) is 0.899. The molecule has 0 atom stereocenters. The van der Waals surface area contributed by atoms with Gasteiger partial charge in [-0.3, -0.25) is 0 Å². The fourth-order valence-corrected chi connectivity index (χ4v) is 2.71. The van der Waals surface area contributed by atoms with Crippen LogP contribution in [0.3, 0.4) is 0 Å². The summed E-state index contributed by atoms with van der Waals surface area (Å²) in [7, 11) is -2.97. The molecule has 18 heavy (non-hydrogen) atoms. The van der Waals surface area contributed by atoms with Gasteiger partial charge < -0.3 is 5.32 Å². The number of halogens is 1. The summed E-state index contributed by atoms with van der Waals surface area (Å²) in [6.07, 6.45) is 0. The summed E-state index contributed by atoms with van der Waals surface area (Å²) in [6, 6.07) is 4.03. The van der Waals surface area contributed by atoms with Crippen LogP contribution in [0.25, 0.3) is 0 Å². The molecule has 0 aliphatic carbocycles. The highest BCUT2D eigenvalue weighted by Crippen LogP contribution is 2.24. The van der Waals surface area contributed by atoms with E-state index in [0.29, 0.717) is 6.54 Å². The maximum absolute atomic E-state index is 11.7. The van der Waals surface area contributed by atoms with Gasteiger partial charge in [-0.1, -0.05) is 15.9 Å². The minimum Gasteiger partial charge on any atom is -0.384 e. The van der Waals surface area contributed by atoms with Crippen LogP contribution in [0, 0.1) is 13.8 Å². The second kappa shape index (κ2) is 6.06. The van der Waals surface area contributed by atoms with Gasteiger partial charge in [0.1, 0.15) is 0 Å². The third-order valence-corrected chi connectivity index (χ3v) is 6.33. The van der Waals surface area contributed by atoms with Crippen LogP contribution >= 0.6 is 15.9 Å². The summed E-state index contributed by atoms with van der Waals surface area (Å²) in [5.41, 5.74) is 3.25. The van der Waals surface area contributed by atoms with E-state index in [1.807, 2.05) is 26.0 Å². The molecule has 0 aliphatic heterocycles. The molecule has 0 amide bonds. The molecule has 3 nitrogen and oxygen atoms in total. The fraction of sp³-hybridized carbons (Fsp3) is 0.538. The lowest BCUT2D eigenvalue weighted by molar-refractivity contribution is 0.588. The van der Waals surface area contributed by atoms with Gasteiger partial charge in [0.25, 0.3) is 0 Å². The van der Waals surface area contributed by atoms with Crippen LogP contribution in [0.5, 0.6) is 0 Å². The Kier molecular flexibility index (Phi) is 5.22. The molecule has 0 aliphatic rings. The van der Waals surface area contributed by atoms with E-state index in [2.05, 4.69) is 21.2 Å². The minimum atomic E-state index is -2.97. The van der Waals surface area contributed by atoms with Crippen molar-refractivity contribution in [2.45, 2.75) is 32.9 Å². The summed E-state index contributed by atoms with van der Waals surface area (Å²) in [4.78, 5) is 0.